The normalized spacial score (nSPS) is 14.7. The van der Waals surface area contributed by atoms with Crippen LogP contribution in [0.15, 0.2) is 71.1 Å². The number of nitrogens with one attached hydrogen (secondary N) is 1. The molecule has 0 bridgehead atoms. The molecular formula is C22H20FN4O2S+. The highest BCUT2D eigenvalue weighted by Crippen LogP contribution is 2.37. The van der Waals surface area contributed by atoms with E-state index in [0.717, 1.165) is 0 Å². The molecule has 1 amide bonds. The second kappa shape index (κ2) is 8.23. The Labute approximate surface area is 177 Å². The predicted molar refractivity (Wildman–Crippen MR) is 114 cm³/mol. The molecule has 1 aliphatic rings. The van der Waals surface area contributed by atoms with E-state index in [-0.39, 0.29) is 17.9 Å². The molecule has 0 unspecified atom stereocenters. The Morgan fingerprint density at radius 2 is 2.13 bits per heavy atom. The number of hydrogen-bond acceptors (Lipinski definition) is 4. The molecule has 2 aromatic carbocycles. The number of rotatable bonds is 5. The average Bonchev–Trinajstić information content (AvgIpc) is 2.75. The first kappa shape index (κ1) is 20.0. The third-order valence-electron chi connectivity index (χ3n) is 4.81. The van der Waals surface area contributed by atoms with Crippen LogP contribution in [0, 0.1) is 5.82 Å². The first-order chi connectivity index (χ1) is 14.5. The highest BCUT2D eigenvalue weighted by atomic mass is 32.2. The van der Waals surface area contributed by atoms with E-state index in [1.807, 2.05) is 6.07 Å². The van der Waals surface area contributed by atoms with Gasteiger partial charge in [0.15, 0.2) is 0 Å². The summed E-state index contributed by atoms with van der Waals surface area (Å²) < 4.78 is 15.6. The molecule has 0 aliphatic carbocycles. The van der Waals surface area contributed by atoms with Gasteiger partial charge in [-0.1, -0.05) is 43.0 Å². The molecule has 1 aromatic heterocycles. The van der Waals surface area contributed by atoms with Crippen LogP contribution < -0.4 is 15.1 Å². The van der Waals surface area contributed by atoms with Gasteiger partial charge in [-0.05, 0) is 35.0 Å². The van der Waals surface area contributed by atoms with Gasteiger partial charge < -0.3 is 0 Å². The quantitative estimate of drug-likeness (QED) is 0.388. The van der Waals surface area contributed by atoms with Gasteiger partial charge in [-0.15, -0.1) is 6.58 Å². The van der Waals surface area contributed by atoms with Crippen LogP contribution in [0.5, 0.6) is 0 Å². The minimum atomic E-state index is -0.788. The molecule has 0 fully saturated rings. The minimum Gasteiger partial charge on any atom is -0.291 e. The summed E-state index contributed by atoms with van der Waals surface area (Å²) in [6.07, 6.45) is 1.17. The van der Waals surface area contributed by atoms with Crippen LogP contribution in [0.3, 0.4) is 0 Å². The fourth-order valence-corrected chi connectivity index (χ4v) is 4.17. The largest absolute Gasteiger partial charge is 0.325 e. The number of para-hydroxylation sites is 1. The van der Waals surface area contributed by atoms with Crippen molar-refractivity contribution in [3.63, 3.8) is 0 Å². The summed E-state index contributed by atoms with van der Waals surface area (Å²) in [6.45, 7) is 5.46. The zero-order valence-corrected chi connectivity index (χ0v) is 17.2. The van der Waals surface area contributed by atoms with E-state index in [1.54, 1.807) is 48.2 Å². The number of anilines is 1. The van der Waals surface area contributed by atoms with E-state index in [0.29, 0.717) is 33.4 Å². The second-order valence-corrected chi connectivity index (χ2v) is 7.72. The number of aromatic nitrogens is 3. The van der Waals surface area contributed by atoms with Gasteiger partial charge in [-0.2, -0.15) is 0 Å². The molecule has 1 N–H and O–H groups in total. The molecule has 8 heteroatoms. The number of nitrogens with zero attached hydrogens (tertiary/aromatic N) is 3. The SMILES string of the molecule is C=CCSc1n[n+]2c(c(=O)[nH]1)-c1ccccc1N(C(=O)CC)[C@@H]2c1cccc(F)c1. The maximum absolute atomic E-state index is 14.1. The third kappa shape index (κ3) is 3.43. The number of benzene rings is 2. The van der Waals surface area contributed by atoms with E-state index in [4.69, 9.17) is 0 Å². The molecule has 3 aromatic rings. The van der Waals surface area contributed by atoms with Crippen molar-refractivity contribution in [3.05, 3.63) is 82.9 Å². The fraction of sp³-hybridized carbons (Fsp3) is 0.182. The summed E-state index contributed by atoms with van der Waals surface area (Å²) in [6, 6.07) is 13.2. The number of thioether (sulfide) groups is 1. The lowest BCUT2D eigenvalue weighted by Gasteiger charge is -2.32. The van der Waals surface area contributed by atoms with Crippen molar-refractivity contribution in [2.24, 2.45) is 0 Å². The lowest BCUT2D eigenvalue weighted by molar-refractivity contribution is -0.763. The monoisotopic (exact) mass is 423 g/mol. The van der Waals surface area contributed by atoms with Gasteiger partial charge in [0.2, 0.25) is 11.1 Å². The highest BCUT2D eigenvalue weighted by molar-refractivity contribution is 7.99. The third-order valence-corrected chi connectivity index (χ3v) is 5.67. The van der Waals surface area contributed by atoms with Gasteiger partial charge in [0.25, 0.3) is 6.17 Å². The number of carbonyl (C=O) groups is 1. The van der Waals surface area contributed by atoms with Crippen molar-refractivity contribution in [3.8, 4) is 11.3 Å². The molecule has 0 radical (unpaired) electrons. The molecule has 2 heterocycles. The average molecular weight is 423 g/mol. The summed E-state index contributed by atoms with van der Waals surface area (Å²) in [4.78, 5) is 30.5. The predicted octanol–water partition coefficient (Wildman–Crippen LogP) is 3.45. The number of halogens is 1. The standard InChI is InChI=1S/C22H19FN4O2S/c1-3-12-30-22-24-20(29)19-16-10-5-6-11-17(16)26(18(28)4-2)21(27(19)25-22)14-8-7-9-15(23)13-14/h3,5-11,13,21H,1,4,12H2,2H3/p+1/t21-/m0/s1. The second-order valence-electron chi connectivity index (χ2n) is 6.72. The van der Waals surface area contributed by atoms with E-state index in [2.05, 4.69) is 16.7 Å². The van der Waals surface area contributed by atoms with E-state index < -0.39 is 12.0 Å². The van der Waals surface area contributed by atoms with Crippen molar-refractivity contribution < 1.29 is 13.9 Å². The summed E-state index contributed by atoms with van der Waals surface area (Å²) in [5.74, 6) is -0.0260. The van der Waals surface area contributed by atoms with Gasteiger partial charge in [-0.25, -0.2) is 9.29 Å². The zero-order valence-electron chi connectivity index (χ0n) is 16.3. The molecule has 4 rings (SSSR count). The van der Waals surface area contributed by atoms with Gasteiger partial charge in [0.05, 0.1) is 11.3 Å². The lowest BCUT2D eigenvalue weighted by Crippen LogP contribution is -2.60. The molecule has 0 spiro atoms. The molecule has 6 nitrogen and oxygen atoms in total. The van der Waals surface area contributed by atoms with Crippen molar-refractivity contribution >= 4 is 23.4 Å². The van der Waals surface area contributed by atoms with Crippen LogP contribution >= 0.6 is 11.8 Å². The van der Waals surface area contributed by atoms with Crippen molar-refractivity contribution in [2.45, 2.75) is 24.7 Å². The summed E-state index contributed by atoms with van der Waals surface area (Å²) >= 11 is 1.32. The van der Waals surface area contributed by atoms with Gasteiger partial charge in [-0.3, -0.25) is 14.6 Å². The summed E-state index contributed by atoms with van der Waals surface area (Å²) in [5, 5.41) is 5.02. The van der Waals surface area contributed by atoms with E-state index >= 15 is 0 Å². The van der Waals surface area contributed by atoms with E-state index in [9.17, 15) is 14.0 Å². The number of amides is 1. The Morgan fingerprint density at radius 1 is 1.33 bits per heavy atom. The van der Waals surface area contributed by atoms with Crippen LogP contribution in [-0.4, -0.2) is 21.7 Å². The fourth-order valence-electron chi connectivity index (χ4n) is 3.58. The van der Waals surface area contributed by atoms with Crippen LogP contribution in [0.4, 0.5) is 10.1 Å². The molecule has 152 valence electrons. The summed E-state index contributed by atoms with van der Waals surface area (Å²) in [7, 11) is 0. The number of carbonyl (C=O) groups excluding carboxylic acids is 1. The molecule has 0 saturated heterocycles. The van der Waals surface area contributed by atoms with Crippen LogP contribution in [-0.2, 0) is 4.79 Å². The maximum Gasteiger partial charge on any atom is 0.325 e. The van der Waals surface area contributed by atoms with Gasteiger partial charge >= 0.3 is 11.3 Å². The Kier molecular flexibility index (Phi) is 5.50. The Bertz CT molecular complexity index is 1190. The van der Waals surface area contributed by atoms with Crippen LogP contribution in [0.2, 0.25) is 0 Å². The maximum atomic E-state index is 14.1. The van der Waals surface area contributed by atoms with Crippen LogP contribution in [0.25, 0.3) is 11.3 Å². The van der Waals surface area contributed by atoms with Crippen molar-refractivity contribution in [2.75, 3.05) is 10.7 Å². The Hall–Kier alpha value is -3.26. The smallest absolute Gasteiger partial charge is 0.291 e. The summed E-state index contributed by atoms with van der Waals surface area (Å²) in [5.41, 5.74) is 1.71. The molecule has 1 atom stereocenters. The molecule has 30 heavy (non-hydrogen) atoms. The first-order valence-corrected chi connectivity index (χ1v) is 10.5. The van der Waals surface area contributed by atoms with Gasteiger partial charge in [0.1, 0.15) is 5.82 Å². The zero-order chi connectivity index (χ0) is 21.3. The number of hydrogen-bond donors (Lipinski definition) is 1. The topological polar surface area (TPSA) is 69.9 Å². The Balaban J connectivity index is 2.04. The van der Waals surface area contributed by atoms with Crippen molar-refractivity contribution in [1.29, 1.82) is 0 Å². The first-order valence-electron chi connectivity index (χ1n) is 9.52. The highest BCUT2D eigenvalue weighted by Gasteiger charge is 2.45. The molecular weight excluding hydrogens is 403 g/mol. The Morgan fingerprint density at radius 3 is 2.87 bits per heavy atom. The van der Waals surface area contributed by atoms with Gasteiger partial charge in [0, 0.05) is 22.8 Å². The number of fused-ring (bicyclic) bond motifs is 3. The minimum absolute atomic E-state index is 0.155. The van der Waals surface area contributed by atoms with Crippen LogP contribution in [0.1, 0.15) is 25.1 Å². The number of H-pyrrole nitrogens is 1. The lowest BCUT2D eigenvalue weighted by atomic mass is 10.0. The van der Waals surface area contributed by atoms with Crippen molar-refractivity contribution in [1.82, 2.24) is 10.1 Å². The molecule has 0 saturated carbocycles. The molecule has 1 aliphatic heterocycles. The number of aromatic amines is 1. The van der Waals surface area contributed by atoms with E-state index in [1.165, 1.54) is 28.6 Å².